The number of methoxy groups -OCH3 is 2. The Morgan fingerprint density at radius 1 is 1.54 bits per heavy atom. The number of hydrogen-bond acceptors (Lipinski definition) is 4. The quantitative estimate of drug-likeness (QED) is 0.504. The monoisotopic (exact) mass is 188 g/mol. The van der Waals surface area contributed by atoms with Crippen LogP contribution in [0.3, 0.4) is 0 Å². The number of carbonyl (C=O) groups excluding carboxylic acids is 1. The van der Waals surface area contributed by atoms with Gasteiger partial charge in [0.05, 0.1) is 13.2 Å². The summed E-state index contributed by atoms with van der Waals surface area (Å²) < 4.78 is 9.31. The lowest BCUT2D eigenvalue weighted by atomic mass is 10.1. The van der Waals surface area contributed by atoms with Crippen molar-refractivity contribution < 1.29 is 19.4 Å². The van der Waals surface area contributed by atoms with E-state index in [2.05, 4.69) is 11.3 Å². The lowest BCUT2D eigenvalue weighted by molar-refractivity contribution is -0.157. The molecule has 0 amide bonds. The number of aliphatic hydroxyl groups excluding tert-OH is 1. The topological polar surface area (TPSA) is 55.8 Å². The molecule has 0 bridgehead atoms. The van der Waals surface area contributed by atoms with Gasteiger partial charge in [0, 0.05) is 7.11 Å². The van der Waals surface area contributed by atoms with Crippen LogP contribution in [0.15, 0.2) is 12.2 Å². The van der Waals surface area contributed by atoms with Crippen molar-refractivity contribution in [1.29, 1.82) is 0 Å². The first kappa shape index (κ1) is 12.1. The highest BCUT2D eigenvalue weighted by Crippen LogP contribution is 2.10. The van der Waals surface area contributed by atoms with Crippen molar-refractivity contribution in [3.8, 4) is 0 Å². The van der Waals surface area contributed by atoms with Gasteiger partial charge in [-0.05, 0) is 13.3 Å². The lowest BCUT2D eigenvalue weighted by Gasteiger charge is -2.19. The van der Waals surface area contributed by atoms with E-state index in [1.165, 1.54) is 14.2 Å². The third-order valence-corrected chi connectivity index (χ3v) is 1.65. The molecule has 13 heavy (non-hydrogen) atoms. The summed E-state index contributed by atoms with van der Waals surface area (Å²) >= 11 is 0. The van der Waals surface area contributed by atoms with Gasteiger partial charge >= 0.3 is 5.97 Å². The molecule has 0 aromatic rings. The van der Waals surface area contributed by atoms with E-state index >= 15 is 0 Å². The van der Waals surface area contributed by atoms with Crippen molar-refractivity contribution in [1.82, 2.24) is 0 Å². The molecule has 0 radical (unpaired) electrons. The van der Waals surface area contributed by atoms with E-state index in [-0.39, 0.29) is 0 Å². The minimum absolute atomic E-state index is 0.437. The summed E-state index contributed by atoms with van der Waals surface area (Å²) in [6.07, 6.45) is -1.39. The molecule has 1 N–H and O–H groups in total. The molecule has 0 saturated carbocycles. The second-order valence-corrected chi connectivity index (χ2v) is 2.90. The first-order valence-corrected chi connectivity index (χ1v) is 3.96. The summed E-state index contributed by atoms with van der Waals surface area (Å²) in [4.78, 5) is 10.9. The van der Waals surface area contributed by atoms with Crippen LogP contribution in [0.2, 0.25) is 0 Å². The molecule has 0 rings (SSSR count). The normalized spacial score (nSPS) is 14.8. The van der Waals surface area contributed by atoms with E-state index in [4.69, 9.17) is 4.74 Å². The highest BCUT2D eigenvalue weighted by atomic mass is 16.5. The highest BCUT2D eigenvalue weighted by molar-refractivity contribution is 5.74. The second kappa shape index (κ2) is 5.72. The first-order chi connectivity index (χ1) is 6.02. The van der Waals surface area contributed by atoms with Crippen molar-refractivity contribution in [2.45, 2.75) is 25.6 Å². The number of hydrogen-bond donors (Lipinski definition) is 1. The molecule has 0 aliphatic heterocycles. The molecule has 4 nitrogen and oxygen atoms in total. The molecule has 4 heteroatoms. The fourth-order valence-electron chi connectivity index (χ4n) is 0.940. The van der Waals surface area contributed by atoms with Gasteiger partial charge in [-0.3, -0.25) is 0 Å². The smallest absolute Gasteiger partial charge is 0.337 e. The van der Waals surface area contributed by atoms with Gasteiger partial charge in [0.2, 0.25) is 0 Å². The SMILES string of the molecule is C=C(C)C[C@H](OC)[C@H](O)C(=O)OC. The largest absolute Gasteiger partial charge is 0.467 e. The molecule has 0 saturated heterocycles. The van der Waals surface area contributed by atoms with Gasteiger partial charge in [0.1, 0.15) is 0 Å². The average Bonchev–Trinajstić information content (AvgIpc) is 2.11. The Kier molecular flexibility index (Phi) is 5.34. The van der Waals surface area contributed by atoms with Crippen LogP contribution in [0.5, 0.6) is 0 Å². The van der Waals surface area contributed by atoms with E-state index < -0.39 is 18.2 Å². The maximum absolute atomic E-state index is 10.9. The zero-order valence-electron chi connectivity index (χ0n) is 8.24. The maximum atomic E-state index is 10.9. The van der Waals surface area contributed by atoms with Crippen LogP contribution in [0.25, 0.3) is 0 Å². The molecule has 0 unspecified atom stereocenters. The van der Waals surface area contributed by atoms with Gasteiger partial charge in [-0.2, -0.15) is 0 Å². The van der Waals surface area contributed by atoms with Crippen molar-refractivity contribution in [2.24, 2.45) is 0 Å². The van der Waals surface area contributed by atoms with Crippen molar-refractivity contribution in [3.05, 3.63) is 12.2 Å². The highest BCUT2D eigenvalue weighted by Gasteiger charge is 2.26. The van der Waals surface area contributed by atoms with Gasteiger partial charge in [-0.1, -0.05) is 5.57 Å². The van der Waals surface area contributed by atoms with Gasteiger partial charge in [-0.15, -0.1) is 6.58 Å². The van der Waals surface area contributed by atoms with E-state index in [1.54, 1.807) is 6.92 Å². The van der Waals surface area contributed by atoms with Crippen LogP contribution < -0.4 is 0 Å². The molecule has 0 aromatic carbocycles. The van der Waals surface area contributed by atoms with Crippen LogP contribution in [0, 0.1) is 0 Å². The first-order valence-electron chi connectivity index (χ1n) is 3.96. The minimum Gasteiger partial charge on any atom is -0.467 e. The van der Waals surface area contributed by atoms with Gasteiger partial charge in [0.15, 0.2) is 6.10 Å². The third kappa shape index (κ3) is 4.05. The van der Waals surface area contributed by atoms with E-state index in [0.717, 1.165) is 5.57 Å². The molecular weight excluding hydrogens is 172 g/mol. The van der Waals surface area contributed by atoms with Crippen LogP contribution in [0.1, 0.15) is 13.3 Å². The van der Waals surface area contributed by atoms with Crippen molar-refractivity contribution in [2.75, 3.05) is 14.2 Å². The van der Waals surface area contributed by atoms with Crippen LogP contribution in [-0.2, 0) is 14.3 Å². The Morgan fingerprint density at radius 3 is 2.38 bits per heavy atom. The van der Waals surface area contributed by atoms with E-state index in [9.17, 15) is 9.90 Å². The second-order valence-electron chi connectivity index (χ2n) is 2.90. The maximum Gasteiger partial charge on any atom is 0.337 e. The minimum atomic E-state index is -1.24. The number of ether oxygens (including phenoxy) is 2. The Labute approximate surface area is 78.2 Å². The van der Waals surface area contributed by atoms with Crippen molar-refractivity contribution in [3.63, 3.8) is 0 Å². The fourth-order valence-corrected chi connectivity index (χ4v) is 0.940. The third-order valence-electron chi connectivity index (χ3n) is 1.65. The zero-order chi connectivity index (χ0) is 10.4. The fraction of sp³-hybridized carbons (Fsp3) is 0.667. The predicted octanol–water partition coefficient (Wildman–Crippen LogP) is 0.501. The Morgan fingerprint density at radius 2 is 2.08 bits per heavy atom. The van der Waals surface area contributed by atoms with Gasteiger partial charge in [0.25, 0.3) is 0 Å². The number of esters is 1. The average molecular weight is 188 g/mol. The van der Waals surface area contributed by atoms with Crippen molar-refractivity contribution >= 4 is 5.97 Å². The van der Waals surface area contributed by atoms with Gasteiger partial charge in [-0.25, -0.2) is 4.79 Å². The Hall–Kier alpha value is -0.870. The molecule has 0 fully saturated rings. The van der Waals surface area contributed by atoms with E-state index in [0.29, 0.717) is 6.42 Å². The zero-order valence-corrected chi connectivity index (χ0v) is 8.24. The lowest BCUT2D eigenvalue weighted by Crippen LogP contribution is -2.36. The predicted molar refractivity (Wildman–Crippen MR) is 48.3 cm³/mol. The number of rotatable bonds is 5. The molecule has 0 spiro atoms. The Balaban J connectivity index is 4.22. The summed E-state index contributed by atoms with van der Waals surface area (Å²) in [5.41, 5.74) is 0.842. The molecule has 0 aromatic heterocycles. The molecular formula is C9H16O4. The molecule has 0 aliphatic carbocycles. The molecule has 76 valence electrons. The Bertz CT molecular complexity index is 188. The molecule has 0 heterocycles. The summed E-state index contributed by atoms with van der Waals surface area (Å²) in [6.45, 7) is 5.47. The van der Waals surface area contributed by atoms with Gasteiger partial charge < -0.3 is 14.6 Å². The molecule has 2 atom stereocenters. The van der Waals surface area contributed by atoms with Crippen LogP contribution >= 0.6 is 0 Å². The molecule has 0 aliphatic rings. The number of aliphatic hydroxyl groups is 1. The van der Waals surface area contributed by atoms with E-state index in [1.807, 2.05) is 0 Å². The summed E-state index contributed by atoms with van der Waals surface area (Å²) in [5, 5.41) is 9.39. The standard InChI is InChI=1S/C9H16O4/c1-6(2)5-7(12-3)8(10)9(11)13-4/h7-8,10H,1,5H2,2-4H3/t7-,8-/m0/s1. The summed E-state index contributed by atoms with van der Waals surface area (Å²) in [7, 11) is 2.65. The number of carbonyl (C=O) groups is 1. The van der Waals surface area contributed by atoms with Crippen LogP contribution in [0.4, 0.5) is 0 Å². The summed E-state index contributed by atoms with van der Waals surface area (Å²) in [6, 6.07) is 0. The van der Waals surface area contributed by atoms with Crippen LogP contribution in [-0.4, -0.2) is 37.5 Å². The summed E-state index contributed by atoms with van der Waals surface area (Å²) in [5.74, 6) is -0.687.